The minimum atomic E-state index is 0.00206. The molecule has 1 aromatic heterocycles. The van der Waals surface area contributed by atoms with Crippen LogP contribution in [-0.4, -0.2) is 35.0 Å². The molecule has 1 aliphatic heterocycles. The molecular formula is C15H18N4O2S2. The number of carbonyl (C=O) groups excluding carboxylic acids is 1. The first-order valence-electron chi connectivity index (χ1n) is 7.40. The zero-order chi connectivity index (χ0) is 16.1. The maximum absolute atomic E-state index is 12.0. The lowest BCUT2D eigenvalue weighted by Gasteiger charge is -2.14. The van der Waals surface area contributed by atoms with Crippen LogP contribution in [0, 0.1) is 5.92 Å². The highest BCUT2D eigenvalue weighted by molar-refractivity contribution is 8.01. The molecule has 0 aliphatic carbocycles. The number of nitrogens with zero attached hydrogens (tertiary/aromatic N) is 2. The summed E-state index contributed by atoms with van der Waals surface area (Å²) in [5.74, 6) is 1.69. The van der Waals surface area contributed by atoms with Crippen LogP contribution in [-0.2, 0) is 11.2 Å². The minimum absolute atomic E-state index is 0.00206. The molecule has 1 amide bonds. The number of carbonyl (C=O) groups is 1. The molecule has 8 heteroatoms. The number of fused-ring (bicyclic) bond motifs is 1. The number of aromatic nitrogens is 2. The average molecular weight is 350 g/mol. The Morgan fingerprint density at radius 2 is 2.30 bits per heavy atom. The molecule has 0 saturated heterocycles. The molecule has 2 heterocycles. The van der Waals surface area contributed by atoms with Gasteiger partial charge >= 0.3 is 0 Å². The molecule has 0 radical (unpaired) electrons. The summed E-state index contributed by atoms with van der Waals surface area (Å²) in [6, 6.07) is 8.10. The second-order valence-electron chi connectivity index (χ2n) is 5.31. The van der Waals surface area contributed by atoms with E-state index in [0.717, 1.165) is 22.9 Å². The monoisotopic (exact) mass is 350 g/mol. The first-order chi connectivity index (χ1) is 11.2. The third-order valence-corrected chi connectivity index (χ3v) is 5.49. The highest BCUT2D eigenvalue weighted by Gasteiger charge is 2.18. The van der Waals surface area contributed by atoms with E-state index in [0.29, 0.717) is 30.0 Å². The molecule has 2 aromatic rings. The molecule has 0 bridgehead atoms. The van der Waals surface area contributed by atoms with Crippen molar-refractivity contribution in [3.05, 3.63) is 29.8 Å². The number of nitrogens with one attached hydrogen (secondary N) is 1. The molecule has 0 saturated carbocycles. The zero-order valence-electron chi connectivity index (χ0n) is 12.5. The summed E-state index contributed by atoms with van der Waals surface area (Å²) in [7, 11) is 0. The van der Waals surface area contributed by atoms with Crippen LogP contribution in [0.15, 0.2) is 28.6 Å². The molecule has 1 aromatic carbocycles. The Bertz CT molecular complexity index is 677. The van der Waals surface area contributed by atoms with E-state index in [9.17, 15) is 4.79 Å². The lowest BCUT2D eigenvalue weighted by molar-refractivity contribution is -0.118. The number of nitrogens with two attached hydrogens (primary N) is 1. The van der Waals surface area contributed by atoms with Gasteiger partial charge in [0.05, 0.1) is 12.4 Å². The Labute approximate surface area is 142 Å². The number of amides is 1. The summed E-state index contributed by atoms with van der Waals surface area (Å²) in [6.45, 7) is 1.35. The van der Waals surface area contributed by atoms with Gasteiger partial charge in [-0.3, -0.25) is 4.79 Å². The molecule has 1 aliphatic rings. The lowest BCUT2D eigenvalue weighted by Crippen LogP contribution is -2.31. The molecule has 0 spiro atoms. The smallest absolute Gasteiger partial charge is 0.230 e. The standard InChI is InChI=1S/C15H18N4O2S2/c16-14-18-19-15(23-14)22-9-13(20)17-8-10-5-6-21-12-4-2-1-3-11(12)7-10/h1-4,10H,5-9H2,(H2,16,18)(H,17,20)/t10-/m1/s1. The summed E-state index contributed by atoms with van der Waals surface area (Å²) >= 11 is 2.65. The van der Waals surface area contributed by atoms with E-state index >= 15 is 0 Å². The fourth-order valence-electron chi connectivity index (χ4n) is 2.45. The topological polar surface area (TPSA) is 90.1 Å². The summed E-state index contributed by atoms with van der Waals surface area (Å²) in [4.78, 5) is 12.0. The molecule has 6 nitrogen and oxygen atoms in total. The molecule has 0 fully saturated rings. The fraction of sp³-hybridized carbons (Fsp3) is 0.400. The minimum Gasteiger partial charge on any atom is -0.493 e. The van der Waals surface area contributed by atoms with Crippen molar-refractivity contribution in [1.82, 2.24) is 15.5 Å². The normalized spacial score (nSPS) is 17.0. The van der Waals surface area contributed by atoms with Crippen molar-refractivity contribution in [1.29, 1.82) is 0 Å². The average Bonchev–Trinajstić information content (AvgIpc) is 2.86. The van der Waals surface area contributed by atoms with E-state index in [1.807, 2.05) is 18.2 Å². The second-order valence-corrected chi connectivity index (χ2v) is 7.55. The Morgan fingerprint density at radius 1 is 1.43 bits per heavy atom. The van der Waals surface area contributed by atoms with Crippen molar-refractivity contribution < 1.29 is 9.53 Å². The molecule has 0 unspecified atom stereocenters. The van der Waals surface area contributed by atoms with Gasteiger partial charge in [-0.05, 0) is 30.4 Å². The van der Waals surface area contributed by atoms with Crippen molar-refractivity contribution in [3.63, 3.8) is 0 Å². The predicted octanol–water partition coefficient (Wildman–Crippen LogP) is 1.97. The Morgan fingerprint density at radius 3 is 3.13 bits per heavy atom. The molecule has 3 rings (SSSR count). The first kappa shape index (κ1) is 16.1. The molecule has 3 N–H and O–H groups in total. The van der Waals surface area contributed by atoms with E-state index < -0.39 is 0 Å². The number of thioether (sulfide) groups is 1. The van der Waals surface area contributed by atoms with Crippen LogP contribution in [0.25, 0.3) is 0 Å². The summed E-state index contributed by atoms with van der Waals surface area (Å²) in [5, 5.41) is 11.0. The number of hydrogen-bond acceptors (Lipinski definition) is 7. The maximum Gasteiger partial charge on any atom is 0.230 e. The van der Waals surface area contributed by atoms with Gasteiger partial charge in [0.25, 0.3) is 0 Å². The van der Waals surface area contributed by atoms with Crippen LogP contribution in [0.3, 0.4) is 0 Å². The first-order valence-corrected chi connectivity index (χ1v) is 9.20. The molecule has 1 atom stereocenters. The third-order valence-electron chi connectivity index (χ3n) is 3.60. The highest BCUT2D eigenvalue weighted by atomic mass is 32.2. The molecular weight excluding hydrogens is 332 g/mol. The fourth-order valence-corrected chi connectivity index (χ4v) is 3.92. The highest BCUT2D eigenvalue weighted by Crippen LogP contribution is 2.26. The van der Waals surface area contributed by atoms with Crippen molar-refractivity contribution in [2.24, 2.45) is 5.92 Å². The van der Waals surface area contributed by atoms with E-state index in [1.54, 1.807) is 0 Å². The van der Waals surface area contributed by atoms with Gasteiger partial charge in [0.15, 0.2) is 4.34 Å². The van der Waals surface area contributed by atoms with E-state index in [4.69, 9.17) is 10.5 Å². The summed E-state index contributed by atoms with van der Waals surface area (Å²) < 4.78 is 6.47. The van der Waals surface area contributed by atoms with Gasteiger partial charge < -0.3 is 15.8 Å². The molecule has 23 heavy (non-hydrogen) atoms. The van der Waals surface area contributed by atoms with E-state index in [2.05, 4.69) is 21.6 Å². The lowest BCUT2D eigenvalue weighted by atomic mass is 9.97. The summed E-state index contributed by atoms with van der Waals surface area (Å²) in [6.07, 6.45) is 1.87. The Hall–Kier alpha value is -1.80. The Balaban J connectivity index is 1.45. The number of benzene rings is 1. The largest absolute Gasteiger partial charge is 0.493 e. The van der Waals surface area contributed by atoms with Crippen LogP contribution >= 0.6 is 23.1 Å². The van der Waals surface area contributed by atoms with Crippen LogP contribution in [0.4, 0.5) is 5.13 Å². The maximum atomic E-state index is 12.0. The van der Waals surface area contributed by atoms with Crippen molar-refractivity contribution >= 4 is 34.1 Å². The van der Waals surface area contributed by atoms with Gasteiger partial charge in [-0.1, -0.05) is 41.3 Å². The number of anilines is 1. The van der Waals surface area contributed by atoms with Crippen LogP contribution < -0.4 is 15.8 Å². The predicted molar refractivity (Wildman–Crippen MR) is 91.8 cm³/mol. The van der Waals surface area contributed by atoms with Gasteiger partial charge in [0.2, 0.25) is 11.0 Å². The van der Waals surface area contributed by atoms with Gasteiger partial charge in [-0.25, -0.2) is 0 Å². The van der Waals surface area contributed by atoms with Gasteiger partial charge in [0, 0.05) is 6.54 Å². The number of ether oxygens (including phenoxy) is 1. The quantitative estimate of drug-likeness (QED) is 0.801. The number of hydrogen-bond donors (Lipinski definition) is 2. The Kier molecular flexibility index (Phi) is 5.35. The SMILES string of the molecule is Nc1nnc(SCC(=O)NC[C@@H]2CCOc3ccccc3C2)s1. The van der Waals surface area contributed by atoms with Crippen molar-refractivity contribution in [2.75, 3.05) is 24.6 Å². The zero-order valence-corrected chi connectivity index (χ0v) is 14.2. The van der Waals surface area contributed by atoms with E-state index in [-0.39, 0.29) is 5.91 Å². The van der Waals surface area contributed by atoms with Crippen molar-refractivity contribution in [3.8, 4) is 5.75 Å². The van der Waals surface area contributed by atoms with Gasteiger partial charge in [-0.2, -0.15) is 0 Å². The second kappa shape index (κ2) is 7.65. The van der Waals surface area contributed by atoms with Gasteiger partial charge in [-0.15, -0.1) is 10.2 Å². The van der Waals surface area contributed by atoms with Crippen LogP contribution in [0.1, 0.15) is 12.0 Å². The molecule has 122 valence electrons. The number of rotatable bonds is 5. The van der Waals surface area contributed by atoms with Crippen LogP contribution in [0.2, 0.25) is 0 Å². The third kappa shape index (κ3) is 4.59. The number of para-hydroxylation sites is 1. The van der Waals surface area contributed by atoms with E-state index in [1.165, 1.54) is 28.7 Å². The van der Waals surface area contributed by atoms with Crippen LogP contribution in [0.5, 0.6) is 5.75 Å². The number of nitrogen functional groups attached to an aromatic ring is 1. The summed E-state index contributed by atoms with van der Waals surface area (Å²) in [5.41, 5.74) is 6.73. The van der Waals surface area contributed by atoms with Crippen molar-refractivity contribution in [2.45, 2.75) is 17.2 Å². The van der Waals surface area contributed by atoms with Gasteiger partial charge in [0.1, 0.15) is 5.75 Å².